The van der Waals surface area contributed by atoms with E-state index < -0.39 is 6.10 Å². The maximum absolute atomic E-state index is 10.7. The average Bonchev–Trinajstić information content (AvgIpc) is 2.77. The number of hydrogen-bond donors (Lipinski definition) is 1. The fourth-order valence-corrected chi connectivity index (χ4v) is 3.58. The summed E-state index contributed by atoms with van der Waals surface area (Å²) < 4.78 is 5.88. The summed E-state index contributed by atoms with van der Waals surface area (Å²) in [6, 6.07) is 9.99. The second-order valence-electron chi connectivity index (χ2n) is 6.95. The highest BCUT2D eigenvalue weighted by molar-refractivity contribution is 5.19. The molecule has 1 aromatic rings. The first kappa shape index (κ1) is 14.1. The van der Waals surface area contributed by atoms with E-state index in [4.69, 9.17) is 4.74 Å². The molecule has 1 aromatic carbocycles. The Kier molecular flexibility index (Phi) is 3.85. The molecular formula is C17H25NO2. The van der Waals surface area contributed by atoms with Crippen LogP contribution in [-0.4, -0.2) is 41.8 Å². The second-order valence-corrected chi connectivity index (χ2v) is 6.95. The minimum absolute atomic E-state index is 0.155. The van der Waals surface area contributed by atoms with Gasteiger partial charge in [-0.3, -0.25) is 4.90 Å². The quantitative estimate of drug-likeness (QED) is 0.917. The molecule has 0 saturated carbocycles. The zero-order valence-corrected chi connectivity index (χ0v) is 12.5. The first-order valence-corrected chi connectivity index (χ1v) is 7.65. The van der Waals surface area contributed by atoms with Crippen molar-refractivity contribution in [1.29, 1.82) is 0 Å². The smallest absolute Gasteiger partial charge is 0.0853 e. The lowest BCUT2D eigenvalue weighted by Crippen LogP contribution is -2.47. The fourth-order valence-electron chi connectivity index (χ4n) is 3.58. The van der Waals surface area contributed by atoms with Crippen LogP contribution in [0.2, 0.25) is 0 Å². The number of nitrogens with zero attached hydrogens (tertiary/aromatic N) is 1. The van der Waals surface area contributed by atoms with Crippen LogP contribution in [0.5, 0.6) is 0 Å². The van der Waals surface area contributed by atoms with Gasteiger partial charge in [0.2, 0.25) is 0 Å². The monoisotopic (exact) mass is 275 g/mol. The Bertz CT molecular complexity index is 434. The van der Waals surface area contributed by atoms with E-state index in [-0.39, 0.29) is 5.41 Å². The number of hydrogen-bond acceptors (Lipinski definition) is 3. The van der Waals surface area contributed by atoms with Crippen LogP contribution in [0.1, 0.15) is 38.4 Å². The summed E-state index contributed by atoms with van der Waals surface area (Å²) in [5, 5.41) is 10.7. The molecule has 2 bridgehead atoms. The molecule has 2 saturated heterocycles. The zero-order chi connectivity index (χ0) is 14.2. The van der Waals surface area contributed by atoms with Crippen LogP contribution in [-0.2, 0) is 4.74 Å². The van der Waals surface area contributed by atoms with Crippen molar-refractivity contribution in [3.63, 3.8) is 0 Å². The number of ether oxygens (including phenoxy) is 1. The van der Waals surface area contributed by atoms with Crippen molar-refractivity contribution in [3.05, 3.63) is 35.9 Å². The van der Waals surface area contributed by atoms with Gasteiger partial charge in [0, 0.05) is 25.0 Å². The maximum Gasteiger partial charge on any atom is 0.0853 e. The molecule has 20 heavy (non-hydrogen) atoms. The van der Waals surface area contributed by atoms with Crippen molar-refractivity contribution in [2.24, 2.45) is 5.41 Å². The lowest BCUT2D eigenvalue weighted by molar-refractivity contribution is -0.0629. The van der Waals surface area contributed by atoms with Crippen molar-refractivity contribution in [3.8, 4) is 0 Å². The molecule has 2 heterocycles. The summed E-state index contributed by atoms with van der Waals surface area (Å²) >= 11 is 0. The molecular weight excluding hydrogens is 250 g/mol. The highest BCUT2D eigenvalue weighted by Gasteiger charge is 2.38. The van der Waals surface area contributed by atoms with Gasteiger partial charge in [0.1, 0.15) is 0 Å². The normalized spacial score (nSPS) is 28.6. The van der Waals surface area contributed by atoms with E-state index in [1.165, 1.54) is 12.8 Å². The van der Waals surface area contributed by atoms with E-state index in [1.54, 1.807) is 0 Å². The third kappa shape index (κ3) is 2.90. The molecule has 1 N–H and O–H groups in total. The Hall–Kier alpha value is -0.900. The Morgan fingerprint density at radius 2 is 1.80 bits per heavy atom. The van der Waals surface area contributed by atoms with E-state index >= 15 is 0 Å². The van der Waals surface area contributed by atoms with Gasteiger partial charge in [-0.05, 0) is 18.4 Å². The van der Waals surface area contributed by atoms with Gasteiger partial charge in [0.25, 0.3) is 0 Å². The van der Waals surface area contributed by atoms with Gasteiger partial charge in [-0.1, -0.05) is 44.2 Å². The predicted octanol–water partition coefficient (Wildman–Crippen LogP) is 2.61. The Balaban J connectivity index is 1.66. The molecule has 2 aliphatic rings. The van der Waals surface area contributed by atoms with Crippen LogP contribution in [0, 0.1) is 5.41 Å². The fraction of sp³-hybridized carbons (Fsp3) is 0.647. The van der Waals surface area contributed by atoms with Gasteiger partial charge in [0.05, 0.1) is 18.3 Å². The highest BCUT2D eigenvalue weighted by Crippen LogP contribution is 2.36. The van der Waals surface area contributed by atoms with Crippen LogP contribution in [0.3, 0.4) is 0 Å². The van der Waals surface area contributed by atoms with Gasteiger partial charge in [-0.25, -0.2) is 0 Å². The summed E-state index contributed by atoms with van der Waals surface area (Å²) in [5.41, 5.74) is 0.853. The number of benzene rings is 1. The lowest BCUT2D eigenvalue weighted by atomic mass is 9.82. The summed E-state index contributed by atoms with van der Waals surface area (Å²) in [6.07, 6.45) is 2.80. The van der Waals surface area contributed by atoms with E-state index in [0.29, 0.717) is 12.2 Å². The van der Waals surface area contributed by atoms with Crippen LogP contribution in [0.4, 0.5) is 0 Å². The van der Waals surface area contributed by atoms with Crippen molar-refractivity contribution >= 4 is 0 Å². The predicted molar refractivity (Wildman–Crippen MR) is 79.5 cm³/mol. The van der Waals surface area contributed by atoms with Crippen LogP contribution in [0.15, 0.2) is 30.3 Å². The van der Waals surface area contributed by atoms with Crippen molar-refractivity contribution in [2.75, 3.05) is 19.6 Å². The molecule has 3 nitrogen and oxygen atoms in total. The summed E-state index contributed by atoms with van der Waals surface area (Å²) in [7, 11) is 0. The SMILES string of the molecule is CC(C)(CN1CC2CCC(C1)O2)C(O)c1ccccc1. The first-order valence-electron chi connectivity index (χ1n) is 7.65. The van der Waals surface area contributed by atoms with Crippen LogP contribution in [0.25, 0.3) is 0 Å². The topological polar surface area (TPSA) is 32.7 Å². The number of morpholine rings is 1. The van der Waals surface area contributed by atoms with E-state index in [0.717, 1.165) is 25.2 Å². The molecule has 0 aromatic heterocycles. The van der Waals surface area contributed by atoms with E-state index in [9.17, 15) is 5.11 Å². The van der Waals surface area contributed by atoms with E-state index in [1.807, 2.05) is 30.3 Å². The lowest BCUT2D eigenvalue weighted by Gasteiger charge is -2.40. The maximum atomic E-state index is 10.7. The molecule has 2 aliphatic heterocycles. The molecule has 3 atom stereocenters. The summed E-state index contributed by atoms with van der Waals surface area (Å²) in [4.78, 5) is 2.47. The van der Waals surface area contributed by atoms with Crippen LogP contribution < -0.4 is 0 Å². The summed E-state index contributed by atoms with van der Waals surface area (Å²) in [6.45, 7) is 7.26. The van der Waals surface area contributed by atoms with Gasteiger partial charge >= 0.3 is 0 Å². The van der Waals surface area contributed by atoms with Crippen LogP contribution >= 0.6 is 0 Å². The Morgan fingerprint density at radius 3 is 2.40 bits per heavy atom. The molecule has 3 heteroatoms. The largest absolute Gasteiger partial charge is 0.388 e. The van der Waals surface area contributed by atoms with Crippen molar-refractivity contribution in [2.45, 2.75) is 45.0 Å². The molecule has 0 radical (unpaired) electrons. The third-order valence-electron chi connectivity index (χ3n) is 4.61. The standard InChI is InChI=1S/C17H25NO2/c1-17(2,16(19)13-6-4-3-5-7-13)12-18-10-14-8-9-15(11-18)20-14/h3-7,14-16,19H,8-12H2,1-2H3. The molecule has 110 valence electrons. The number of fused-ring (bicyclic) bond motifs is 2. The minimum Gasteiger partial charge on any atom is -0.388 e. The molecule has 0 spiro atoms. The van der Waals surface area contributed by atoms with Gasteiger partial charge in [0.15, 0.2) is 0 Å². The van der Waals surface area contributed by atoms with Crippen molar-refractivity contribution in [1.82, 2.24) is 4.90 Å². The Labute approximate surface area is 121 Å². The second kappa shape index (κ2) is 5.47. The average molecular weight is 275 g/mol. The molecule has 0 aliphatic carbocycles. The van der Waals surface area contributed by atoms with Gasteiger partial charge in [-0.2, -0.15) is 0 Å². The molecule has 3 unspecified atom stereocenters. The molecule has 3 rings (SSSR count). The summed E-state index contributed by atoms with van der Waals surface area (Å²) in [5.74, 6) is 0. The van der Waals surface area contributed by atoms with Gasteiger partial charge < -0.3 is 9.84 Å². The van der Waals surface area contributed by atoms with Gasteiger partial charge in [-0.15, -0.1) is 0 Å². The first-order chi connectivity index (χ1) is 9.54. The molecule has 0 amide bonds. The van der Waals surface area contributed by atoms with Crippen molar-refractivity contribution < 1.29 is 9.84 Å². The highest BCUT2D eigenvalue weighted by atomic mass is 16.5. The number of rotatable bonds is 4. The molecule has 2 fully saturated rings. The number of likely N-dealkylation sites (tertiary alicyclic amines) is 1. The zero-order valence-electron chi connectivity index (χ0n) is 12.5. The number of aliphatic hydroxyl groups excluding tert-OH is 1. The Morgan fingerprint density at radius 1 is 1.20 bits per heavy atom. The minimum atomic E-state index is -0.427. The van der Waals surface area contributed by atoms with E-state index in [2.05, 4.69) is 18.7 Å². The number of aliphatic hydroxyl groups is 1. The third-order valence-corrected chi connectivity index (χ3v) is 4.61.